The summed E-state index contributed by atoms with van der Waals surface area (Å²) in [7, 11) is 1.58. The van der Waals surface area contributed by atoms with Crippen LogP contribution >= 0.6 is 0 Å². The second-order valence-corrected chi connectivity index (χ2v) is 4.93. The van der Waals surface area contributed by atoms with E-state index in [0.717, 1.165) is 0 Å². The van der Waals surface area contributed by atoms with Crippen molar-refractivity contribution in [2.75, 3.05) is 20.1 Å². The molecule has 0 fully saturated rings. The standard InChI is InChI=1S/C15H21N3O2/c1-3-18(10-14(19)16-2)15(20)13-8-11-6-4-5-7-12(11)9-17-13/h4-7,13,17H,3,8-10H2,1-2H3,(H,16,19)/t13-/m1/s1. The molecule has 0 aromatic heterocycles. The average molecular weight is 275 g/mol. The van der Waals surface area contributed by atoms with E-state index >= 15 is 0 Å². The van der Waals surface area contributed by atoms with Gasteiger partial charge in [-0.05, 0) is 24.5 Å². The van der Waals surface area contributed by atoms with Gasteiger partial charge in [-0.15, -0.1) is 0 Å². The second kappa shape index (κ2) is 6.52. The lowest BCUT2D eigenvalue weighted by Gasteiger charge is -2.30. The lowest BCUT2D eigenvalue weighted by Crippen LogP contribution is -2.51. The van der Waals surface area contributed by atoms with Crippen molar-refractivity contribution in [3.8, 4) is 0 Å². The first kappa shape index (κ1) is 14.5. The minimum absolute atomic E-state index is 0.00870. The van der Waals surface area contributed by atoms with Crippen molar-refractivity contribution in [3.63, 3.8) is 0 Å². The van der Waals surface area contributed by atoms with Crippen molar-refractivity contribution in [2.45, 2.75) is 25.9 Å². The van der Waals surface area contributed by atoms with Crippen LogP contribution in [0.1, 0.15) is 18.1 Å². The molecule has 0 radical (unpaired) electrons. The molecule has 108 valence electrons. The number of hydrogen-bond acceptors (Lipinski definition) is 3. The molecule has 1 aromatic rings. The van der Waals surface area contributed by atoms with Crippen LogP contribution in [0.5, 0.6) is 0 Å². The van der Waals surface area contributed by atoms with Crippen LogP contribution in [0.4, 0.5) is 0 Å². The summed E-state index contributed by atoms with van der Waals surface area (Å²) in [6.07, 6.45) is 0.680. The van der Waals surface area contributed by atoms with Crippen LogP contribution in [-0.2, 0) is 22.6 Å². The monoisotopic (exact) mass is 275 g/mol. The fraction of sp³-hybridized carbons (Fsp3) is 0.467. The van der Waals surface area contributed by atoms with Crippen LogP contribution in [0, 0.1) is 0 Å². The zero-order valence-electron chi connectivity index (χ0n) is 12.0. The van der Waals surface area contributed by atoms with Gasteiger partial charge in [0.05, 0.1) is 12.6 Å². The number of fused-ring (bicyclic) bond motifs is 1. The van der Waals surface area contributed by atoms with Gasteiger partial charge < -0.3 is 15.5 Å². The Bertz CT molecular complexity index is 502. The molecule has 2 amide bonds. The Hall–Kier alpha value is -1.88. The van der Waals surface area contributed by atoms with Crippen LogP contribution in [0.3, 0.4) is 0 Å². The Morgan fingerprint density at radius 3 is 2.70 bits per heavy atom. The smallest absolute Gasteiger partial charge is 0.240 e. The third-order valence-electron chi connectivity index (χ3n) is 3.69. The molecule has 1 aliphatic heterocycles. The lowest BCUT2D eigenvalue weighted by atomic mass is 9.95. The summed E-state index contributed by atoms with van der Waals surface area (Å²) < 4.78 is 0. The maximum atomic E-state index is 12.5. The minimum Gasteiger partial charge on any atom is -0.358 e. The zero-order valence-corrected chi connectivity index (χ0v) is 12.0. The third kappa shape index (κ3) is 3.17. The molecule has 1 aromatic carbocycles. The molecule has 5 nitrogen and oxygen atoms in total. The largest absolute Gasteiger partial charge is 0.358 e. The number of rotatable bonds is 4. The van der Waals surface area contributed by atoms with Crippen LogP contribution in [0.25, 0.3) is 0 Å². The number of nitrogens with zero attached hydrogens (tertiary/aromatic N) is 1. The Kier molecular flexibility index (Phi) is 4.74. The van der Waals surface area contributed by atoms with Crippen molar-refractivity contribution < 1.29 is 9.59 Å². The zero-order chi connectivity index (χ0) is 14.5. The molecule has 0 unspecified atom stereocenters. The Balaban J connectivity index is 2.04. The van der Waals surface area contributed by atoms with E-state index in [-0.39, 0.29) is 24.4 Å². The number of carbonyl (C=O) groups is 2. The fourth-order valence-corrected chi connectivity index (χ4v) is 2.45. The predicted molar refractivity (Wildman–Crippen MR) is 77.1 cm³/mol. The number of hydrogen-bond donors (Lipinski definition) is 2. The number of benzene rings is 1. The number of carbonyl (C=O) groups excluding carboxylic acids is 2. The molecule has 1 heterocycles. The van der Waals surface area contributed by atoms with E-state index in [0.29, 0.717) is 19.5 Å². The maximum Gasteiger partial charge on any atom is 0.240 e. The summed E-state index contributed by atoms with van der Waals surface area (Å²) >= 11 is 0. The van der Waals surface area contributed by atoms with E-state index in [4.69, 9.17) is 0 Å². The van der Waals surface area contributed by atoms with Gasteiger partial charge in [0.2, 0.25) is 11.8 Å². The average Bonchev–Trinajstić information content (AvgIpc) is 2.51. The molecule has 0 bridgehead atoms. The van der Waals surface area contributed by atoms with Crippen LogP contribution in [-0.4, -0.2) is 42.9 Å². The van der Waals surface area contributed by atoms with E-state index in [9.17, 15) is 9.59 Å². The molecule has 2 N–H and O–H groups in total. The fourth-order valence-electron chi connectivity index (χ4n) is 2.45. The minimum atomic E-state index is -0.241. The molecule has 1 atom stereocenters. The predicted octanol–water partition coefficient (Wildman–Crippen LogP) is 0.295. The van der Waals surface area contributed by atoms with Crippen LogP contribution < -0.4 is 10.6 Å². The maximum absolute atomic E-state index is 12.5. The molecule has 20 heavy (non-hydrogen) atoms. The van der Waals surface area contributed by atoms with Gasteiger partial charge in [-0.3, -0.25) is 9.59 Å². The SMILES string of the molecule is CCN(CC(=O)NC)C(=O)[C@H]1Cc2ccccc2CN1. The van der Waals surface area contributed by atoms with E-state index in [1.807, 2.05) is 19.1 Å². The number of likely N-dealkylation sites (N-methyl/N-ethyl adjacent to an activating group) is 2. The van der Waals surface area contributed by atoms with E-state index < -0.39 is 0 Å². The van der Waals surface area contributed by atoms with Gasteiger partial charge in [-0.1, -0.05) is 24.3 Å². The van der Waals surface area contributed by atoms with Crippen molar-refractivity contribution in [1.29, 1.82) is 0 Å². The van der Waals surface area contributed by atoms with Gasteiger partial charge >= 0.3 is 0 Å². The Labute approximate surface area is 119 Å². The first-order valence-corrected chi connectivity index (χ1v) is 6.95. The molecular formula is C15H21N3O2. The van der Waals surface area contributed by atoms with Crippen molar-refractivity contribution in [3.05, 3.63) is 35.4 Å². The van der Waals surface area contributed by atoms with E-state index in [2.05, 4.69) is 22.8 Å². The van der Waals surface area contributed by atoms with E-state index in [1.54, 1.807) is 11.9 Å². The summed E-state index contributed by atoms with van der Waals surface area (Å²) in [5.74, 6) is -0.151. The summed E-state index contributed by atoms with van der Waals surface area (Å²) in [4.78, 5) is 25.5. The van der Waals surface area contributed by atoms with Crippen molar-refractivity contribution in [2.24, 2.45) is 0 Å². The molecule has 0 aliphatic carbocycles. The summed E-state index contributed by atoms with van der Waals surface area (Å²) in [6, 6.07) is 7.89. The highest BCUT2D eigenvalue weighted by molar-refractivity contribution is 5.87. The number of amides is 2. The number of nitrogens with one attached hydrogen (secondary N) is 2. The second-order valence-electron chi connectivity index (χ2n) is 4.93. The quantitative estimate of drug-likeness (QED) is 0.830. The van der Waals surface area contributed by atoms with Gasteiger partial charge in [-0.2, -0.15) is 0 Å². The summed E-state index contributed by atoms with van der Waals surface area (Å²) in [5.41, 5.74) is 2.45. The highest BCUT2D eigenvalue weighted by Gasteiger charge is 2.27. The molecule has 2 rings (SSSR count). The van der Waals surface area contributed by atoms with Crippen molar-refractivity contribution in [1.82, 2.24) is 15.5 Å². The van der Waals surface area contributed by atoms with Gasteiger partial charge in [0.1, 0.15) is 0 Å². The van der Waals surface area contributed by atoms with Gasteiger partial charge in [0.25, 0.3) is 0 Å². The molecule has 1 aliphatic rings. The highest BCUT2D eigenvalue weighted by atomic mass is 16.2. The lowest BCUT2D eigenvalue weighted by molar-refractivity contribution is -0.137. The van der Waals surface area contributed by atoms with Crippen molar-refractivity contribution >= 4 is 11.8 Å². The molecule has 0 saturated carbocycles. The molecule has 5 heteroatoms. The first-order chi connectivity index (χ1) is 9.65. The molecular weight excluding hydrogens is 254 g/mol. The topological polar surface area (TPSA) is 61.4 Å². The first-order valence-electron chi connectivity index (χ1n) is 6.95. The highest BCUT2D eigenvalue weighted by Crippen LogP contribution is 2.17. The Morgan fingerprint density at radius 2 is 2.05 bits per heavy atom. The summed E-state index contributed by atoms with van der Waals surface area (Å²) in [6.45, 7) is 3.24. The van der Waals surface area contributed by atoms with Gasteiger partial charge in [-0.25, -0.2) is 0 Å². The van der Waals surface area contributed by atoms with Gasteiger partial charge in [0, 0.05) is 20.1 Å². The third-order valence-corrected chi connectivity index (χ3v) is 3.69. The Morgan fingerprint density at radius 1 is 1.35 bits per heavy atom. The molecule has 0 saturated heterocycles. The van der Waals surface area contributed by atoms with Gasteiger partial charge in [0.15, 0.2) is 0 Å². The van der Waals surface area contributed by atoms with E-state index in [1.165, 1.54) is 11.1 Å². The molecule has 0 spiro atoms. The van der Waals surface area contributed by atoms with Crippen LogP contribution in [0.2, 0.25) is 0 Å². The normalized spacial score (nSPS) is 17.2. The summed E-state index contributed by atoms with van der Waals surface area (Å²) in [5, 5.41) is 5.81. The van der Waals surface area contributed by atoms with Crippen LogP contribution in [0.15, 0.2) is 24.3 Å².